The molecule has 0 radical (unpaired) electrons. The van der Waals surface area contributed by atoms with Gasteiger partial charge in [-0.3, -0.25) is 4.79 Å². The van der Waals surface area contributed by atoms with Crippen molar-refractivity contribution in [1.82, 2.24) is 4.98 Å². The lowest BCUT2D eigenvalue weighted by Crippen LogP contribution is -1.92. The Bertz CT molecular complexity index is 526. The maximum atomic E-state index is 10.8. The molecule has 2 aromatic rings. The van der Waals surface area contributed by atoms with Crippen LogP contribution in [0.2, 0.25) is 0 Å². The molecule has 0 unspecified atom stereocenters. The molecule has 0 aromatic carbocycles. The summed E-state index contributed by atoms with van der Waals surface area (Å²) in [5.74, 6) is 0.680. The molecule has 2 aromatic heterocycles. The van der Waals surface area contributed by atoms with Crippen LogP contribution in [0, 0.1) is 0 Å². The average Bonchev–Trinajstić information content (AvgIpc) is 2.97. The molecule has 0 N–H and O–H groups in total. The second kappa shape index (κ2) is 3.98. The molecule has 16 heavy (non-hydrogen) atoms. The van der Waals surface area contributed by atoms with E-state index in [1.165, 1.54) is 48.0 Å². The Morgan fingerprint density at radius 1 is 1.38 bits per heavy atom. The SMILES string of the molecule is O=Cc1cc2c(C3CCCC3)ccnc2s1. The van der Waals surface area contributed by atoms with Gasteiger partial charge in [-0.1, -0.05) is 12.8 Å². The van der Waals surface area contributed by atoms with Gasteiger partial charge in [0.05, 0.1) is 4.88 Å². The van der Waals surface area contributed by atoms with E-state index in [0.717, 1.165) is 16.0 Å². The first-order valence-corrected chi connectivity index (χ1v) is 6.54. The van der Waals surface area contributed by atoms with Crippen molar-refractivity contribution in [3.63, 3.8) is 0 Å². The summed E-state index contributed by atoms with van der Waals surface area (Å²) in [7, 11) is 0. The van der Waals surface area contributed by atoms with Crippen LogP contribution in [0.4, 0.5) is 0 Å². The van der Waals surface area contributed by atoms with E-state index in [1.807, 2.05) is 12.3 Å². The molecule has 1 fully saturated rings. The minimum Gasteiger partial charge on any atom is -0.297 e. The Morgan fingerprint density at radius 3 is 2.94 bits per heavy atom. The van der Waals surface area contributed by atoms with Crippen molar-refractivity contribution in [1.29, 1.82) is 0 Å². The molecule has 3 heteroatoms. The highest BCUT2D eigenvalue weighted by Gasteiger charge is 2.20. The fourth-order valence-corrected chi connectivity index (χ4v) is 3.48. The van der Waals surface area contributed by atoms with Crippen LogP contribution in [0.5, 0.6) is 0 Å². The van der Waals surface area contributed by atoms with Crippen molar-refractivity contribution in [3.8, 4) is 0 Å². The lowest BCUT2D eigenvalue weighted by molar-refractivity contribution is 0.112. The lowest BCUT2D eigenvalue weighted by Gasteiger charge is -2.09. The molecule has 0 amide bonds. The van der Waals surface area contributed by atoms with E-state index in [1.54, 1.807) is 0 Å². The van der Waals surface area contributed by atoms with Crippen LogP contribution in [-0.2, 0) is 0 Å². The highest BCUT2D eigenvalue weighted by atomic mass is 32.1. The normalized spacial score (nSPS) is 17.0. The van der Waals surface area contributed by atoms with Crippen LogP contribution in [0.25, 0.3) is 10.2 Å². The first-order chi connectivity index (χ1) is 7.88. The zero-order valence-corrected chi connectivity index (χ0v) is 9.80. The van der Waals surface area contributed by atoms with Gasteiger partial charge in [-0.05, 0) is 36.5 Å². The Kier molecular flexibility index (Phi) is 2.48. The molecule has 0 atom stereocenters. The van der Waals surface area contributed by atoms with E-state index in [-0.39, 0.29) is 0 Å². The summed E-state index contributed by atoms with van der Waals surface area (Å²) in [6.07, 6.45) is 8.03. The van der Waals surface area contributed by atoms with E-state index < -0.39 is 0 Å². The van der Waals surface area contributed by atoms with Crippen LogP contribution in [-0.4, -0.2) is 11.3 Å². The third kappa shape index (κ3) is 1.55. The summed E-state index contributed by atoms with van der Waals surface area (Å²) in [6.45, 7) is 0. The Morgan fingerprint density at radius 2 is 2.19 bits per heavy atom. The summed E-state index contributed by atoms with van der Waals surface area (Å²) in [5, 5.41) is 1.20. The highest BCUT2D eigenvalue weighted by molar-refractivity contribution is 7.20. The zero-order chi connectivity index (χ0) is 11.0. The van der Waals surface area contributed by atoms with Crippen molar-refractivity contribution in [3.05, 3.63) is 28.8 Å². The third-order valence-electron chi connectivity index (χ3n) is 3.40. The van der Waals surface area contributed by atoms with E-state index >= 15 is 0 Å². The molecule has 3 rings (SSSR count). The number of nitrogens with zero attached hydrogens (tertiary/aromatic N) is 1. The Balaban J connectivity index is 2.15. The topological polar surface area (TPSA) is 30.0 Å². The number of pyridine rings is 1. The third-order valence-corrected chi connectivity index (χ3v) is 4.37. The van der Waals surface area contributed by atoms with Crippen LogP contribution in [0.1, 0.15) is 46.8 Å². The first kappa shape index (κ1) is 9.97. The van der Waals surface area contributed by atoms with Gasteiger partial charge in [0, 0.05) is 11.6 Å². The molecule has 2 heterocycles. The van der Waals surface area contributed by atoms with Crippen molar-refractivity contribution >= 4 is 27.8 Å². The second-order valence-corrected chi connectivity index (χ2v) is 5.43. The fraction of sp³-hybridized carbons (Fsp3) is 0.385. The van der Waals surface area contributed by atoms with E-state index in [9.17, 15) is 4.79 Å². The van der Waals surface area contributed by atoms with E-state index in [2.05, 4.69) is 11.1 Å². The molecular formula is C13H13NOS. The second-order valence-electron chi connectivity index (χ2n) is 4.37. The summed E-state index contributed by atoms with van der Waals surface area (Å²) >= 11 is 1.49. The average molecular weight is 231 g/mol. The van der Waals surface area contributed by atoms with Gasteiger partial charge in [-0.25, -0.2) is 4.98 Å². The number of carbonyl (C=O) groups excluding carboxylic acids is 1. The number of hydrogen-bond donors (Lipinski definition) is 0. The maximum absolute atomic E-state index is 10.8. The number of hydrogen-bond acceptors (Lipinski definition) is 3. The summed E-state index contributed by atoms with van der Waals surface area (Å²) in [4.78, 5) is 16.9. The first-order valence-electron chi connectivity index (χ1n) is 5.72. The smallest absolute Gasteiger partial charge is 0.160 e. The van der Waals surface area contributed by atoms with Gasteiger partial charge in [0.15, 0.2) is 6.29 Å². The maximum Gasteiger partial charge on any atom is 0.160 e. The predicted molar refractivity (Wildman–Crippen MR) is 66.2 cm³/mol. The van der Waals surface area contributed by atoms with Crippen molar-refractivity contribution < 1.29 is 4.79 Å². The number of thiophene rings is 1. The summed E-state index contributed by atoms with van der Waals surface area (Å²) in [6, 6.07) is 4.12. The molecule has 82 valence electrons. The van der Waals surface area contributed by atoms with Crippen molar-refractivity contribution in [2.24, 2.45) is 0 Å². The van der Waals surface area contributed by atoms with Crippen LogP contribution >= 0.6 is 11.3 Å². The highest BCUT2D eigenvalue weighted by Crippen LogP contribution is 2.38. The number of fused-ring (bicyclic) bond motifs is 1. The van der Waals surface area contributed by atoms with Gasteiger partial charge in [0.2, 0.25) is 0 Å². The van der Waals surface area contributed by atoms with Gasteiger partial charge < -0.3 is 0 Å². The monoisotopic (exact) mass is 231 g/mol. The molecule has 2 nitrogen and oxygen atoms in total. The van der Waals surface area contributed by atoms with Gasteiger partial charge in [0.1, 0.15) is 4.83 Å². The minimum atomic E-state index is 0.680. The quantitative estimate of drug-likeness (QED) is 0.736. The Labute approximate surface area is 98.3 Å². The molecule has 0 saturated heterocycles. The van der Waals surface area contributed by atoms with Crippen LogP contribution < -0.4 is 0 Å². The van der Waals surface area contributed by atoms with Gasteiger partial charge in [-0.15, -0.1) is 11.3 Å². The largest absolute Gasteiger partial charge is 0.297 e. The molecular weight excluding hydrogens is 218 g/mol. The molecule has 0 aliphatic heterocycles. The zero-order valence-electron chi connectivity index (χ0n) is 8.98. The van der Waals surface area contributed by atoms with E-state index in [0.29, 0.717) is 5.92 Å². The minimum absolute atomic E-state index is 0.680. The Hall–Kier alpha value is -1.22. The fourth-order valence-electron chi connectivity index (χ4n) is 2.63. The van der Waals surface area contributed by atoms with Gasteiger partial charge in [-0.2, -0.15) is 0 Å². The standard InChI is InChI=1S/C13H13NOS/c15-8-10-7-12-11(9-3-1-2-4-9)5-6-14-13(12)16-10/h5-9H,1-4H2. The predicted octanol–water partition coefficient (Wildman–Crippen LogP) is 3.77. The molecule has 1 saturated carbocycles. The van der Waals surface area contributed by atoms with E-state index in [4.69, 9.17) is 0 Å². The summed E-state index contributed by atoms with van der Waals surface area (Å²) in [5.41, 5.74) is 1.40. The van der Waals surface area contributed by atoms with Crippen molar-refractivity contribution in [2.45, 2.75) is 31.6 Å². The number of aromatic nitrogens is 1. The lowest BCUT2D eigenvalue weighted by atomic mass is 9.96. The summed E-state index contributed by atoms with van der Waals surface area (Å²) < 4.78 is 0. The van der Waals surface area contributed by atoms with Gasteiger partial charge >= 0.3 is 0 Å². The molecule has 0 spiro atoms. The van der Waals surface area contributed by atoms with Crippen LogP contribution in [0.3, 0.4) is 0 Å². The molecule has 1 aliphatic carbocycles. The van der Waals surface area contributed by atoms with Crippen LogP contribution in [0.15, 0.2) is 18.3 Å². The number of carbonyl (C=O) groups is 1. The molecule has 1 aliphatic rings. The molecule has 0 bridgehead atoms. The van der Waals surface area contributed by atoms with Gasteiger partial charge in [0.25, 0.3) is 0 Å². The number of rotatable bonds is 2. The van der Waals surface area contributed by atoms with Crippen molar-refractivity contribution in [2.75, 3.05) is 0 Å². The number of aldehydes is 1.